The smallest absolute Gasteiger partial charge is 0.343 e. The van der Waals surface area contributed by atoms with Gasteiger partial charge in [-0.15, -0.1) is 0 Å². The third-order valence-electron chi connectivity index (χ3n) is 10.3. The van der Waals surface area contributed by atoms with Gasteiger partial charge < -0.3 is 19.3 Å². The average molecular weight is 519 g/mol. The topological polar surface area (TPSA) is 102 Å². The molecule has 8 atom stereocenters. The summed E-state index contributed by atoms with van der Waals surface area (Å²) >= 11 is 0. The first-order valence-electron chi connectivity index (χ1n) is 13.4. The zero-order chi connectivity index (χ0) is 27.1. The fourth-order valence-electron chi connectivity index (χ4n) is 8.41. The standard InChI is InChI=1S/C31H34O7/c1-18-14-24-23-11-10-21-15-22(37-27(34)20-8-6-5-7-9-20)12-13-28(21,3)31(23)26(38-31)16-29(24,4)30(18,35)25(33)17-36-19(2)32/h5-10,12-13,15,18,23-24,26,35H,11,14,16-17H2,1-4H3/t18-,23+,24+,26+,28+,29+,30+,31+/m1/s1. The third-order valence-corrected chi connectivity index (χ3v) is 10.3. The number of fused-ring (bicyclic) bond motifs is 3. The number of carbonyl (C=O) groups is 3. The maximum absolute atomic E-state index is 13.3. The molecular formula is C31H34O7. The lowest BCUT2D eigenvalue weighted by Gasteiger charge is -2.54. The molecule has 200 valence electrons. The van der Waals surface area contributed by atoms with Gasteiger partial charge in [0.05, 0.1) is 11.7 Å². The Balaban J connectivity index is 1.29. The van der Waals surface area contributed by atoms with E-state index >= 15 is 0 Å². The van der Waals surface area contributed by atoms with E-state index in [-0.39, 0.29) is 23.9 Å². The number of benzene rings is 1. The summed E-state index contributed by atoms with van der Waals surface area (Å²) in [6.07, 6.45) is 9.96. The van der Waals surface area contributed by atoms with Crippen LogP contribution in [0, 0.1) is 28.6 Å². The van der Waals surface area contributed by atoms with Crippen LogP contribution in [0.3, 0.4) is 0 Å². The van der Waals surface area contributed by atoms with Crippen molar-refractivity contribution in [2.75, 3.05) is 6.61 Å². The molecule has 0 radical (unpaired) electrons. The van der Waals surface area contributed by atoms with Gasteiger partial charge >= 0.3 is 11.9 Å². The highest BCUT2D eigenvalue weighted by Gasteiger charge is 2.81. The van der Waals surface area contributed by atoms with Gasteiger partial charge in [-0.2, -0.15) is 0 Å². The van der Waals surface area contributed by atoms with Crippen molar-refractivity contribution in [3.05, 3.63) is 71.5 Å². The molecule has 1 N–H and O–H groups in total. The average Bonchev–Trinajstić information content (AvgIpc) is 3.57. The Morgan fingerprint density at radius 3 is 2.58 bits per heavy atom. The minimum atomic E-state index is -1.59. The van der Waals surface area contributed by atoms with Gasteiger partial charge in [0.2, 0.25) is 5.78 Å². The largest absolute Gasteiger partial charge is 0.458 e. The summed E-state index contributed by atoms with van der Waals surface area (Å²) in [6, 6.07) is 8.92. The van der Waals surface area contributed by atoms with Gasteiger partial charge in [0.25, 0.3) is 0 Å². The molecule has 6 rings (SSSR count). The number of epoxide rings is 1. The molecule has 0 unspecified atom stereocenters. The van der Waals surface area contributed by atoms with Gasteiger partial charge in [-0.3, -0.25) is 9.59 Å². The number of rotatable bonds is 5. The quantitative estimate of drug-likeness (QED) is 0.458. The molecule has 38 heavy (non-hydrogen) atoms. The van der Waals surface area contributed by atoms with E-state index < -0.39 is 46.4 Å². The van der Waals surface area contributed by atoms with Gasteiger partial charge in [-0.25, -0.2) is 4.79 Å². The number of allylic oxidation sites excluding steroid dienone is 3. The number of ketones is 1. The summed E-state index contributed by atoms with van der Waals surface area (Å²) in [5.41, 5.74) is -1.58. The lowest BCUT2D eigenvalue weighted by molar-refractivity contribution is -0.170. The molecule has 1 aliphatic heterocycles. The van der Waals surface area contributed by atoms with Gasteiger partial charge in [-0.05, 0) is 73.8 Å². The van der Waals surface area contributed by atoms with Crippen molar-refractivity contribution in [3.63, 3.8) is 0 Å². The molecule has 1 aromatic rings. The first-order valence-corrected chi connectivity index (χ1v) is 13.4. The molecular weight excluding hydrogens is 484 g/mol. The van der Waals surface area contributed by atoms with E-state index in [2.05, 4.69) is 19.1 Å². The summed E-state index contributed by atoms with van der Waals surface area (Å²) < 4.78 is 17.3. The van der Waals surface area contributed by atoms with Crippen molar-refractivity contribution < 1.29 is 33.7 Å². The molecule has 4 aliphatic carbocycles. The van der Waals surface area contributed by atoms with Crippen LogP contribution in [0.5, 0.6) is 0 Å². The summed E-state index contributed by atoms with van der Waals surface area (Å²) in [6.45, 7) is 6.96. The van der Waals surface area contributed by atoms with Gasteiger partial charge in [0, 0.05) is 17.8 Å². The lowest BCUT2D eigenvalue weighted by Crippen LogP contribution is -2.62. The fourth-order valence-corrected chi connectivity index (χ4v) is 8.41. The Hall–Kier alpha value is -3.03. The van der Waals surface area contributed by atoms with E-state index in [1.807, 2.05) is 32.1 Å². The van der Waals surface area contributed by atoms with Crippen LogP contribution < -0.4 is 0 Å². The van der Waals surface area contributed by atoms with E-state index in [0.717, 1.165) is 12.0 Å². The Bertz CT molecular complexity index is 1310. The highest BCUT2D eigenvalue weighted by molar-refractivity contribution is 5.91. The van der Waals surface area contributed by atoms with Gasteiger partial charge in [-0.1, -0.05) is 44.2 Å². The zero-order valence-corrected chi connectivity index (χ0v) is 22.2. The number of carbonyl (C=O) groups excluding carboxylic acids is 3. The molecule has 1 aromatic carbocycles. The van der Waals surface area contributed by atoms with E-state index in [1.165, 1.54) is 6.92 Å². The van der Waals surface area contributed by atoms with E-state index in [0.29, 0.717) is 24.2 Å². The second-order valence-electron chi connectivity index (χ2n) is 12.1. The second kappa shape index (κ2) is 8.23. The van der Waals surface area contributed by atoms with Gasteiger partial charge in [0.15, 0.2) is 6.61 Å². The Kier molecular flexibility index (Phi) is 5.47. The molecule has 7 heteroatoms. The predicted molar refractivity (Wildman–Crippen MR) is 138 cm³/mol. The Labute approximate surface area is 222 Å². The third kappa shape index (κ3) is 3.18. The fraction of sp³-hybridized carbons (Fsp3) is 0.516. The molecule has 0 bridgehead atoms. The SMILES string of the molecule is CC(=O)OCC(=O)[C@@]1(O)[C@H](C)C[C@H]2[C@@H]3CC=C4C=C(OC(=O)c5ccccc5)C=C[C@]4(C)[C@]34O[C@H]4C[C@@]21C. The molecule has 1 spiro atoms. The Morgan fingerprint density at radius 2 is 1.87 bits per heavy atom. The van der Waals surface area contributed by atoms with Crippen LogP contribution in [-0.4, -0.2) is 46.7 Å². The van der Waals surface area contributed by atoms with Crippen molar-refractivity contribution in [1.82, 2.24) is 0 Å². The van der Waals surface area contributed by atoms with Crippen LogP contribution in [-0.2, 0) is 23.8 Å². The monoisotopic (exact) mass is 518 g/mol. The molecule has 2 saturated carbocycles. The van der Waals surface area contributed by atoms with Crippen LogP contribution in [0.15, 0.2) is 66.0 Å². The van der Waals surface area contributed by atoms with Crippen molar-refractivity contribution in [1.29, 1.82) is 0 Å². The first kappa shape index (κ1) is 25.3. The van der Waals surface area contributed by atoms with Crippen molar-refractivity contribution in [2.45, 2.75) is 64.3 Å². The minimum Gasteiger partial charge on any atom is -0.458 e. The summed E-state index contributed by atoms with van der Waals surface area (Å²) in [4.78, 5) is 37.3. The Morgan fingerprint density at radius 1 is 1.13 bits per heavy atom. The number of esters is 2. The van der Waals surface area contributed by atoms with Crippen LogP contribution in [0.2, 0.25) is 0 Å². The van der Waals surface area contributed by atoms with E-state index in [9.17, 15) is 19.5 Å². The van der Waals surface area contributed by atoms with Gasteiger partial charge in [0.1, 0.15) is 17.0 Å². The highest BCUT2D eigenvalue weighted by Crippen LogP contribution is 2.75. The van der Waals surface area contributed by atoms with Crippen LogP contribution in [0.25, 0.3) is 0 Å². The van der Waals surface area contributed by atoms with Crippen LogP contribution in [0.1, 0.15) is 57.3 Å². The summed E-state index contributed by atoms with van der Waals surface area (Å²) in [7, 11) is 0. The predicted octanol–water partition coefficient (Wildman–Crippen LogP) is 4.32. The molecule has 3 fully saturated rings. The number of hydrogen-bond acceptors (Lipinski definition) is 7. The molecule has 1 heterocycles. The normalized spacial score (nSPS) is 41.9. The molecule has 1 saturated heterocycles. The number of aliphatic hydroxyl groups is 1. The maximum Gasteiger partial charge on any atom is 0.343 e. The van der Waals surface area contributed by atoms with Crippen LogP contribution in [0.4, 0.5) is 0 Å². The first-order chi connectivity index (χ1) is 18.0. The van der Waals surface area contributed by atoms with Crippen molar-refractivity contribution >= 4 is 17.7 Å². The molecule has 0 aromatic heterocycles. The van der Waals surface area contributed by atoms with Crippen molar-refractivity contribution in [3.8, 4) is 0 Å². The molecule has 7 nitrogen and oxygen atoms in total. The zero-order valence-electron chi connectivity index (χ0n) is 22.2. The number of hydrogen-bond donors (Lipinski definition) is 1. The maximum atomic E-state index is 13.3. The summed E-state index contributed by atoms with van der Waals surface area (Å²) in [5, 5.41) is 11.9. The highest BCUT2D eigenvalue weighted by atomic mass is 16.6. The van der Waals surface area contributed by atoms with E-state index in [4.69, 9.17) is 14.2 Å². The molecule has 0 amide bonds. The van der Waals surface area contributed by atoms with Crippen LogP contribution >= 0.6 is 0 Å². The van der Waals surface area contributed by atoms with E-state index in [1.54, 1.807) is 24.3 Å². The lowest BCUT2D eigenvalue weighted by atomic mass is 9.48. The number of ether oxygens (including phenoxy) is 3. The molecule has 5 aliphatic rings. The summed E-state index contributed by atoms with van der Waals surface area (Å²) in [5.74, 6) is -0.955. The number of Topliss-reactive ketones (excluding diaryl/α,β-unsaturated/α-hetero) is 1. The van der Waals surface area contributed by atoms with Crippen molar-refractivity contribution in [2.24, 2.45) is 28.6 Å². The second-order valence-corrected chi connectivity index (χ2v) is 12.1. The minimum absolute atomic E-state index is 0.0619.